The molecule has 0 aromatic heterocycles. The van der Waals surface area contributed by atoms with Gasteiger partial charge in [0.15, 0.2) is 0 Å². The van der Waals surface area contributed by atoms with Crippen molar-refractivity contribution in [2.45, 2.75) is 289 Å². The normalized spacial score (nSPS) is 13.0. The summed E-state index contributed by atoms with van der Waals surface area (Å²) < 4.78 is 32.7. The van der Waals surface area contributed by atoms with Gasteiger partial charge in [0.05, 0.1) is 17.9 Å². The highest BCUT2D eigenvalue weighted by molar-refractivity contribution is 7.85. The summed E-state index contributed by atoms with van der Waals surface area (Å²) in [6.07, 6.45) is 50.7. The molecule has 0 aliphatic carbocycles. The molecular weight excluding hydrogens is 691 g/mol. The summed E-state index contributed by atoms with van der Waals surface area (Å²) in [7, 11) is -4.31. The zero-order valence-electron chi connectivity index (χ0n) is 36.4. The second-order valence-electron chi connectivity index (χ2n) is 17.1. The van der Waals surface area contributed by atoms with Crippen LogP contribution in [0.1, 0.15) is 277 Å². The molecule has 6 nitrogen and oxygen atoms in total. The summed E-state index contributed by atoms with van der Waals surface area (Å²) in [6, 6.07) is -0.965. The molecule has 0 aliphatic heterocycles. The molecule has 3 N–H and O–H groups in total. The smallest absolute Gasteiger partial charge is 0.266 e. The van der Waals surface area contributed by atoms with Crippen LogP contribution in [-0.4, -0.2) is 41.9 Å². The molecule has 2 unspecified atom stereocenters. The zero-order valence-corrected chi connectivity index (χ0v) is 37.2. The van der Waals surface area contributed by atoms with E-state index in [0.717, 1.165) is 38.5 Å². The number of amides is 1. The molecular formula is C47H95NO5S. The number of carbonyl (C=O) groups excluding carboxylic acids is 1. The Bertz CT molecular complexity index is 866. The van der Waals surface area contributed by atoms with E-state index in [0.29, 0.717) is 12.8 Å². The Kier molecular flexibility index (Phi) is 41.4. The van der Waals surface area contributed by atoms with Crippen LogP contribution >= 0.6 is 0 Å². The Balaban J connectivity index is 3.72. The average molecular weight is 786 g/mol. The molecule has 324 valence electrons. The van der Waals surface area contributed by atoms with Crippen molar-refractivity contribution in [3.05, 3.63) is 0 Å². The van der Waals surface area contributed by atoms with Gasteiger partial charge in [-0.25, -0.2) is 0 Å². The van der Waals surface area contributed by atoms with Crippen molar-refractivity contribution in [3.8, 4) is 0 Å². The number of aliphatic hydroxyl groups is 1. The van der Waals surface area contributed by atoms with Crippen molar-refractivity contribution in [3.63, 3.8) is 0 Å². The monoisotopic (exact) mass is 786 g/mol. The third-order valence-corrected chi connectivity index (χ3v) is 12.3. The molecule has 54 heavy (non-hydrogen) atoms. The summed E-state index contributed by atoms with van der Waals surface area (Å²) in [5, 5.41) is 13.4. The highest BCUT2D eigenvalue weighted by atomic mass is 32.2. The highest BCUT2D eigenvalue weighted by Gasteiger charge is 2.26. The average Bonchev–Trinajstić information content (AvgIpc) is 3.14. The number of hydrogen-bond donors (Lipinski definition) is 3. The van der Waals surface area contributed by atoms with Crippen LogP contribution in [0.3, 0.4) is 0 Å². The lowest BCUT2D eigenvalue weighted by atomic mass is 10.0. The van der Waals surface area contributed by atoms with Crippen molar-refractivity contribution >= 4 is 16.0 Å². The van der Waals surface area contributed by atoms with Gasteiger partial charge in [0.1, 0.15) is 0 Å². The van der Waals surface area contributed by atoms with E-state index in [9.17, 15) is 22.9 Å². The van der Waals surface area contributed by atoms with Gasteiger partial charge >= 0.3 is 0 Å². The summed E-state index contributed by atoms with van der Waals surface area (Å²) in [5.74, 6) is -0.878. The van der Waals surface area contributed by atoms with E-state index in [-0.39, 0.29) is 5.91 Å². The molecule has 1 amide bonds. The predicted molar refractivity (Wildman–Crippen MR) is 235 cm³/mol. The number of carbonyl (C=O) groups is 1. The Labute approximate surface area is 338 Å². The minimum absolute atomic E-state index is 0.238. The van der Waals surface area contributed by atoms with E-state index in [2.05, 4.69) is 19.2 Å². The number of nitrogens with one attached hydrogen (secondary N) is 1. The lowest BCUT2D eigenvalue weighted by Gasteiger charge is -2.23. The zero-order chi connectivity index (χ0) is 39.6. The first-order valence-corrected chi connectivity index (χ1v) is 25.8. The summed E-state index contributed by atoms with van der Waals surface area (Å²) in [4.78, 5) is 12.6. The first-order valence-electron chi connectivity index (χ1n) is 24.2. The quantitative estimate of drug-likeness (QED) is 0.0421. The SMILES string of the molecule is CCCCCCCCCCCCCCCCCCCCCCCCC(=O)NC(CS(=O)(=O)O)C(O)CCCCCCCCCCCCCCCCCCC. The third-order valence-electron chi connectivity index (χ3n) is 11.6. The molecule has 0 bridgehead atoms. The molecule has 0 spiro atoms. The summed E-state index contributed by atoms with van der Waals surface area (Å²) in [5.41, 5.74) is 0. The van der Waals surface area contributed by atoms with Crippen LogP contribution in [0.15, 0.2) is 0 Å². The second kappa shape index (κ2) is 42.0. The molecule has 0 radical (unpaired) electrons. The third kappa shape index (κ3) is 42.5. The lowest BCUT2D eigenvalue weighted by Crippen LogP contribution is -2.47. The second-order valence-corrected chi connectivity index (χ2v) is 18.6. The van der Waals surface area contributed by atoms with Gasteiger partial charge in [0.25, 0.3) is 10.1 Å². The molecule has 0 fully saturated rings. The van der Waals surface area contributed by atoms with Crippen molar-refractivity contribution < 1.29 is 22.9 Å². The molecule has 0 saturated carbocycles. The molecule has 0 aromatic carbocycles. The van der Waals surface area contributed by atoms with Crippen molar-refractivity contribution in [1.82, 2.24) is 5.32 Å². The van der Waals surface area contributed by atoms with Crippen molar-refractivity contribution in [2.24, 2.45) is 0 Å². The number of aliphatic hydroxyl groups excluding tert-OH is 1. The van der Waals surface area contributed by atoms with E-state index in [1.54, 1.807) is 0 Å². The number of rotatable bonds is 45. The Morgan fingerprint density at radius 1 is 0.426 bits per heavy atom. The first-order chi connectivity index (χ1) is 26.3. The van der Waals surface area contributed by atoms with Gasteiger partial charge in [-0.2, -0.15) is 8.42 Å². The Morgan fingerprint density at radius 3 is 0.926 bits per heavy atom. The minimum Gasteiger partial charge on any atom is -0.391 e. The molecule has 0 aromatic rings. The van der Waals surface area contributed by atoms with Crippen molar-refractivity contribution in [1.29, 1.82) is 0 Å². The predicted octanol–water partition coefficient (Wildman–Crippen LogP) is 14.8. The standard InChI is InChI=1S/C47H95NO5S/c1-3-5-7-9-11-13-15-17-19-21-22-23-24-25-27-29-31-33-35-37-39-41-43-47(50)48-45(44-54(51,52)53)46(49)42-40-38-36-34-32-30-28-26-20-18-16-14-12-10-8-6-4-2/h45-46,49H,3-44H2,1-2H3,(H,48,50)(H,51,52,53). The highest BCUT2D eigenvalue weighted by Crippen LogP contribution is 2.18. The topological polar surface area (TPSA) is 104 Å². The maximum Gasteiger partial charge on any atom is 0.266 e. The molecule has 0 rings (SSSR count). The minimum atomic E-state index is -4.31. The maximum atomic E-state index is 12.6. The fraction of sp³-hybridized carbons (Fsp3) is 0.979. The molecule has 7 heteroatoms. The van der Waals surface area contributed by atoms with Gasteiger partial charge in [-0.1, -0.05) is 258 Å². The van der Waals surface area contributed by atoms with Crippen LogP contribution in [0.2, 0.25) is 0 Å². The van der Waals surface area contributed by atoms with Crippen LogP contribution in [0, 0.1) is 0 Å². The van der Waals surface area contributed by atoms with Gasteiger partial charge in [-0.15, -0.1) is 0 Å². The van der Waals surface area contributed by atoms with Gasteiger partial charge < -0.3 is 10.4 Å². The number of unbranched alkanes of at least 4 members (excludes halogenated alkanes) is 37. The molecule has 0 aliphatic rings. The van der Waals surface area contributed by atoms with E-state index in [1.807, 2.05) is 0 Å². The van der Waals surface area contributed by atoms with Gasteiger partial charge in [-0.3, -0.25) is 9.35 Å². The van der Waals surface area contributed by atoms with Gasteiger partial charge in [0.2, 0.25) is 5.91 Å². The summed E-state index contributed by atoms with van der Waals surface area (Å²) in [6.45, 7) is 4.56. The first kappa shape index (κ1) is 53.3. The van der Waals surface area contributed by atoms with Gasteiger partial charge in [-0.05, 0) is 12.8 Å². The fourth-order valence-corrected chi connectivity index (χ4v) is 8.69. The molecule has 0 heterocycles. The lowest BCUT2D eigenvalue weighted by molar-refractivity contribution is -0.122. The largest absolute Gasteiger partial charge is 0.391 e. The van der Waals surface area contributed by atoms with Gasteiger partial charge in [0, 0.05) is 6.42 Å². The fourth-order valence-electron chi connectivity index (χ4n) is 7.93. The number of hydrogen-bond acceptors (Lipinski definition) is 4. The van der Waals surface area contributed by atoms with E-state index in [4.69, 9.17) is 0 Å². The Hall–Kier alpha value is -0.660. The van der Waals surface area contributed by atoms with E-state index >= 15 is 0 Å². The van der Waals surface area contributed by atoms with Crippen LogP contribution < -0.4 is 5.32 Å². The van der Waals surface area contributed by atoms with Crippen LogP contribution in [0.5, 0.6) is 0 Å². The van der Waals surface area contributed by atoms with Crippen LogP contribution in [0.4, 0.5) is 0 Å². The van der Waals surface area contributed by atoms with Crippen molar-refractivity contribution in [2.75, 3.05) is 5.75 Å². The van der Waals surface area contributed by atoms with E-state index in [1.165, 1.54) is 212 Å². The van der Waals surface area contributed by atoms with Crippen LogP contribution in [-0.2, 0) is 14.9 Å². The molecule has 2 atom stereocenters. The maximum absolute atomic E-state index is 12.6. The Morgan fingerprint density at radius 2 is 0.667 bits per heavy atom. The molecule has 0 saturated heterocycles. The van der Waals surface area contributed by atoms with E-state index < -0.39 is 28.0 Å². The van der Waals surface area contributed by atoms with Crippen LogP contribution in [0.25, 0.3) is 0 Å². The summed E-state index contributed by atoms with van der Waals surface area (Å²) >= 11 is 0.